The zero-order valence-electron chi connectivity index (χ0n) is 14.3. The number of aryl methyl sites for hydroxylation is 1. The van der Waals surface area contributed by atoms with Crippen molar-refractivity contribution < 1.29 is 26.7 Å². The molecule has 0 N–H and O–H groups in total. The zero-order chi connectivity index (χ0) is 19.2. The normalized spacial score (nSPS) is 11.6. The van der Waals surface area contributed by atoms with E-state index in [2.05, 4.69) is 11.7 Å². The molecule has 0 fully saturated rings. The van der Waals surface area contributed by atoms with Gasteiger partial charge in [0, 0.05) is 0 Å². The highest BCUT2D eigenvalue weighted by Crippen LogP contribution is 2.23. The molecule has 7 heteroatoms. The number of rotatable bonds is 8. The average Bonchev–Trinajstić information content (AvgIpc) is 2.57. The summed E-state index contributed by atoms with van der Waals surface area (Å²) in [5, 5.41) is 0.398. The molecule has 0 aliphatic rings. The van der Waals surface area contributed by atoms with Gasteiger partial charge >= 0.3 is 6.18 Å². The van der Waals surface area contributed by atoms with Crippen LogP contribution >= 0.6 is 0 Å². The lowest BCUT2D eigenvalue weighted by Crippen LogP contribution is -2.22. The first-order chi connectivity index (χ1) is 12.3. The molecular formula is C19H19F5OSi. The quantitative estimate of drug-likeness (QED) is 0.469. The number of unbranched alkanes of at least 4 members (excludes halogenated alkanes) is 1. The molecule has 0 amide bonds. The standard InChI is InChI=1S/C19H19F5OSi/c1-2-3-4-13-5-7-14(8-6-13)11-26-15-9-16(20)18(17(21)10-15)25-12-19(22,23)24/h5-10H,2-4,11-12H2,1H3. The Morgan fingerprint density at radius 2 is 1.54 bits per heavy atom. The first kappa shape index (κ1) is 20.4. The van der Waals surface area contributed by atoms with Crippen LogP contribution in [0.2, 0.25) is 0 Å². The molecule has 0 spiro atoms. The minimum Gasteiger partial charge on any atom is -0.478 e. The van der Waals surface area contributed by atoms with Gasteiger partial charge in [0.15, 0.2) is 24.0 Å². The van der Waals surface area contributed by atoms with E-state index in [1.807, 2.05) is 24.3 Å². The molecule has 0 aliphatic carbocycles. The van der Waals surface area contributed by atoms with Crippen LogP contribution in [0.1, 0.15) is 30.9 Å². The van der Waals surface area contributed by atoms with E-state index in [1.165, 1.54) is 5.56 Å². The van der Waals surface area contributed by atoms with Crippen LogP contribution in [0.25, 0.3) is 0 Å². The fourth-order valence-corrected chi connectivity index (χ4v) is 3.46. The van der Waals surface area contributed by atoms with Crippen molar-refractivity contribution in [1.29, 1.82) is 0 Å². The van der Waals surface area contributed by atoms with Crippen LogP contribution in [-0.4, -0.2) is 22.3 Å². The maximum absolute atomic E-state index is 13.9. The number of benzene rings is 2. The van der Waals surface area contributed by atoms with Crippen LogP contribution in [-0.2, 0) is 12.5 Å². The molecular weight excluding hydrogens is 367 g/mol. The van der Waals surface area contributed by atoms with E-state index in [9.17, 15) is 22.0 Å². The van der Waals surface area contributed by atoms with Crippen LogP contribution in [0.4, 0.5) is 22.0 Å². The van der Waals surface area contributed by atoms with Crippen LogP contribution in [0.5, 0.6) is 5.75 Å². The Morgan fingerprint density at radius 1 is 0.962 bits per heavy atom. The summed E-state index contributed by atoms with van der Waals surface area (Å²) in [7, 11) is 0.102. The highest BCUT2D eigenvalue weighted by Gasteiger charge is 2.29. The molecule has 0 aromatic heterocycles. The van der Waals surface area contributed by atoms with Crippen molar-refractivity contribution in [2.45, 2.75) is 38.4 Å². The van der Waals surface area contributed by atoms with Crippen molar-refractivity contribution in [2.24, 2.45) is 0 Å². The highest BCUT2D eigenvalue weighted by molar-refractivity contribution is 6.52. The molecule has 2 radical (unpaired) electrons. The van der Waals surface area contributed by atoms with E-state index in [-0.39, 0.29) is 9.52 Å². The molecule has 0 heterocycles. The maximum atomic E-state index is 13.9. The Kier molecular flexibility index (Phi) is 7.20. The van der Waals surface area contributed by atoms with Crippen molar-refractivity contribution in [2.75, 3.05) is 6.61 Å². The Hall–Kier alpha value is -1.89. The second-order valence-corrected chi connectivity index (χ2v) is 7.23. The van der Waals surface area contributed by atoms with Gasteiger partial charge in [0.25, 0.3) is 0 Å². The Labute approximate surface area is 152 Å². The van der Waals surface area contributed by atoms with E-state index < -0.39 is 30.2 Å². The molecule has 140 valence electrons. The molecule has 0 saturated carbocycles. The molecule has 0 unspecified atom stereocenters. The lowest BCUT2D eigenvalue weighted by atomic mass is 10.1. The Bertz CT molecular complexity index is 690. The topological polar surface area (TPSA) is 9.23 Å². The van der Waals surface area contributed by atoms with Crippen LogP contribution in [0.15, 0.2) is 36.4 Å². The Balaban J connectivity index is 1.97. The first-order valence-electron chi connectivity index (χ1n) is 8.29. The maximum Gasteiger partial charge on any atom is 0.422 e. The summed E-state index contributed by atoms with van der Waals surface area (Å²) in [5.41, 5.74) is 2.30. The van der Waals surface area contributed by atoms with Crippen molar-refractivity contribution >= 4 is 14.7 Å². The summed E-state index contributed by atoms with van der Waals surface area (Å²) in [6.45, 7) is 0.403. The van der Waals surface area contributed by atoms with Gasteiger partial charge in [-0.1, -0.05) is 48.4 Å². The summed E-state index contributed by atoms with van der Waals surface area (Å²) in [6.07, 6.45) is -1.37. The van der Waals surface area contributed by atoms with Gasteiger partial charge < -0.3 is 4.74 Å². The lowest BCUT2D eigenvalue weighted by Gasteiger charge is -2.12. The molecule has 0 aliphatic heterocycles. The van der Waals surface area contributed by atoms with Crippen LogP contribution in [0, 0.1) is 11.6 Å². The minimum absolute atomic E-state index is 0.102. The van der Waals surface area contributed by atoms with Gasteiger partial charge in [-0.2, -0.15) is 13.2 Å². The third kappa shape index (κ3) is 6.44. The largest absolute Gasteiger partial charge is 0.478 e. The first-order valence-corrected chi connectivity index (χ1v) is 9.49. The summed E-state index contributed by atoms with van der Waals surface area (Å²) < 4.78 is 68.3. The van der Waals surface area contributed by atoms with Crippen molar-refractivity contribution in [3.8, 4) is 5.75 Å². The molecule has 2 aromatic carbocycles. The molecule has 26 heavy (non-hydrogen) atoms. The second kappa shape index (κ2) is 9.16. The molecule has 2 rings (SSSR count). The van der Waals surface area contributed by atoms with E-state index >= 15 is 0 Å². The van der Waals surface area contributed by atoms with Crippen LogP contribution < -0.4 is 9.92 Å². The molecule has 0 atom stereocenters. The van der Waals surface area contributed by atoms with Gasteiger partial charge in [0.2, 0.25) is 0 Å². The van der Waals surface area contributed by atoms with Crippen molar-refractivity contribution in [3.63, 3.8) is 0 Å². The molecule has 2 aromatic rings. The SMILES string of the molecule is CCCCc1ccc(C[Si]c2cc(F)c(OCC(F)(F)F)c(F)c2)cc1. The van der Waals surface area contributed by atoms with Crippen molar-refractivity contribution in [1.82, 2.24) is 0 Å². The molecule has 0 saturated heterocycles. The number of alkyl halides is 3. The fraction of sp³-hybridized carbons (Fsp3) is 0.368. The average molecular weight is 386 g/mol. The predicted molar refractivity (Wildman–Crippen MR) is 92.1 cm³/mol. The monoisotopic (exact) mass is 386 g/mol. The predicted octanol–water partition coefficient (Wildman–Crippen LogP) is 4.78. The minimum atomic E-state index is -4.65. The van der Waals surface area contributed by atoms with Gasteiger partial charge in [-0.3, -0.25) is 0 Å². The lowest BCUT2D eigenvalue weighted by molar-refractivity contribution is -0.154. The third-order valence-corrected chi connectivity index (χ3v) is 5.00. The summed E-state index contributed by atoms with van der Waals surface area (Å²) in [6, 6.07) is 10.7. The van der Waals surface area contributed by atoms with E-state index in [0.29, 0.717) is 11.2 Å². The molecule has 1 nitrogen and oxygen atoms in total. The number of halogens is 5. The van der Waals surface area contributed by atoms with Crippen LogP contribution in [0.3, 0.4) is 0 Å². The van der Waals surface area contributed by atoms with E-state index in [4.69, 9.17) is 0 Å². The summed E-state index contributed by atoms with van der Waals surface area (Å²) in [4.78, 5) is 0. The number of hydrogen-bond acceptors (Lipinski definition) is 1. The third-order valence-electron chi connectivity index (χ3n) is 3.72. The molecule has 0 bridgehead atoms. The number of ether oxygens (including phenoxy) is 1. The van der Waals surface area contributed by atoms with Gasteiger partial charge in [-0.25, -0.2) is 8.78 Å². The zero-order valence-corrected chi connectivity index (χ0v) is 15.3. The fourth-order valence-electron chi connectivity index (χ4n) is 2.36. The Morgan fingerprint density at radius 3 is 2.08 bits per heavy atom. The van der Waals surface area contributed by atoms with Crippen molar-refractivity contribution in [3.05, 3.63) is 59.2 Å². The van der Waals surface area contributed by atoms with E-state index in [1.54, 1.807) is 0 Å². The van der Waals surface area contributed by atoms with Gasteiger partial charge in [-0.15, -0.1) is 0 Å². The second-order valence-electron chi connectivity index (χ2n) is 5.95. The summed E-state index contributed by atoms with van der Waals surface area (Å²) in [5.74, 6) is -3.23. The smallest absolute Gasteiger partial charge is 0.422 e. The van der Waals surface area contributed by atoms with Gasteiger partial charge in [0.1, 0.15) is 0 Å². The van der Waals surface area contributed by atoms with E-state index in [0.717, 1.165) is 37.0 Å². The summed E-state index contributed by atoms with van der Waals surface area (Å²) >= 11 is 0. The van der Waals surface area contributed by atoms with Gasteiger partial charge in [0.05, 0.1) is 9.52 Å². The van der Waals surface area contributed by atoms with Gasteiger partial charge in [-0.05, 0) is 36.6 Å². The highest BCUT2D eigenvalue weighted by atomic mass is 28.2. The number of hydrogen-bond donors (Lipinski definition) is 0.